The molecule has 1 saturated heterocycles. The van der Waals surface area contributed by atoms with Gasteiger partial charge in [0.2, 0.25) is 0 Å². The Kier molecular flexibility index (Phi) is 11.1. The second-order valence-corrected chi connectivity index (χ2v) is 8.02. The van der Waals surface area contributed by atoms with Gasteiger partial charge in [0.15, 0.2) is 0 Å². The van der Waals surface area contributed by atoms with E-state index in [0.29, 0.717) is 0 Å². The van der Waals surface area contributed by atoms with Crippen molar-refractivity contribution in [3.8, 4) is 0 Å². The lowest BCUT2D eigenvalue weighted by Crippen LogP contribution is -2.59. The predicted octanol–water partition coefficient (Wildman–Crippen LogP) is 0.885. The van der Waals surface area contributed by atoms with Gasteiger partial charge in [0.05, 0.1) is 0 Å². The van der Waals surface area contributed by atoms with Gasteiger partial charge in [-0.1, -0.05) is 0 Å². The topological polar surface area (TPSA) is 28.2 Å². The van der Waals surface area contributed by atoms with Crippen LogP contribution in [0.4, 0.5) is 0 Å². The lowest BCUT2D eigenvalue weighted by atomic mass is 10.0. The van der Waals surface area contributed by atoms with Gasteiger partial charge < -0.3 is 14.7 Å². The number of hydrazine groups is 2. The third-order valence-electron chi connectivity index (χ3n) is 4.59. The minimum Gasteiger partial charge on any atom is -0.309 e. The Morgan fingerprint density at radius 2 is 1.33 bits per heavy atom. The van der Waals surface area contributed by atoms with E-state index in [1.807, 2.05) is 0 Å². The molecule has 1 atom stereocenters. The third-order valence-corrected chi connectivity index (χ3v) is 4.59. The van der Waals surface area contributed by atoms with Crippen molar-refractivity contribution in [1.82, 2.24) is 30.3 Å². The highest BCUT2D eigenvalue weighted by Crippen LogP contribution is 2.15. The predicted molar refractivity (Wildman–Crippen MR) is 104 cm³/mol. The van der Waals surface area contributed by atoms with Gasteiger partial charge in [-0.05, 0) is 93.5 Å². The Morgan fingerprint density at radius 3 is 1.92 bits per heavy atom. The van der Waals surface area contributed by atoms with Gasteiger partial charge in [-0.2, -0.15) is 5.12 Å². The van der Waals surface area contributed by atoms with Gasteiger partial charge in [-0.25, -0.2) is 10.4 Å². The van der Waals surface area contributed by atoms with Gasteiger partial charge in [0, 0.05) is 26.2 Å². The van der Waals surface area contributed by atoms with Crippen molar-refractivity contribution >= 4 is 0 Å². The first kappa shape index (κ1) is 21.8. The smallest absolute Gasteiger partial charge is 0.0302 e. The summed E-state index contributed by atoms with van der Waals surface area (Å²) >= 11 is 0. The van der Waals surface area contributed by atoms with E-state index in [2.05, 4.69) is 72.5 Å². The molecule has 1 N–H and O–H groups in total. The van der Waals surface area contributed by atoms with Crippen molar-refractivity contribution in [3.05, 3.63) is 0 Å². The lowest BCUT2D eigenvalue weighted by Gasteiger charge is -2.43. The number of hydrogen-bond donors (Lipinski definition) is 1. The number of rotatable bonds is 12. The minimum atomic E-state index is 0.773. The van der Waals surface area contributed by atoms with E-state index in [-0.39, 0.29) is 0 Å². The first-order valence-corrected chi connectivity index (χ1v) is 9.58. The van der Waals surface area contributed by atoms with Crippen LogP contribution in [0.5, 0.6) is 0 Å². The maximum Gasteiger partial charge on any atom is 0.0302 e. The lowest BCUT2D eigenvalue weighted by molar-refractivity contribution is -0.115. The molecule has 0 aromatic rings. The maximum absolute atomic E-state index is 3.68. The molecule has 0 spiro atoms. The number of nitrogens with one attached hydrogen (secondary N) is 1. The van der Waals surface area contributed by atoms with Crippen LogP contribution in [0.25, 0.3) is 0 Å². The molecule has 144 valence electrons. The summed E-state index contributed by atoms with van der Waals surface area (Å²) < 4.78 is 0. The Labute approximate surface area is 150 Å². The van der Waals surface area contributed by atoms with Crippen LogP contribution < -0.4 is 5.43 Å². The van der Waals surface area contributed by atoms with Crippen molar-refractivity contribution in [3.63, 3.8) is 0 Å². The van der Waals surface area contributed by atoms with Crippen LogP contribution >= 0.6 is 0 Å². The second-order valence-electron chi connectivity index (χ2n) is 8.02. The quantitative estimate of drug-likeness (QED) is 0.566. The molecule has 0 bridgehead atoms. The van der Waals surface area contributed by atoms with Gasteiger partial charge in [-0.15, -0.1) is 0 Å². The summed E-state index contributed by atoms with van der Waals surface area (Å²) in [6.45, 7) is 8.09. The Bertz CT molecular complexity index is 308. The molecule has 1 fully saturated rings. The van der Waals surface area contributed by atoms with E-state index in [4.69, 9.17) is 0 Å². The van der Waals surface area contributed by atoms with E-state index in [1.165, 1.54) is 38.8 Å². The molecule has 0 radical (unpaired) electrons. The average molecular weight is 343 g/mol. The fraction of sp³-hybridized carbons (Fsp3) is 1.00. The van der Waals surface area contributed by atoms with Crippen LogP contribution in [0, 0.1) is 5.92 Å². The zero-order valence-corrected chi connectivity index (χ0v) is 17.1. The molecule has 0 aromatic carbocycles. The molecule has 1 aliphatic heterocycles. The second kappa shape index (κ2) is 12.2. The monoisotopic (exact) mass is 342 g/mol. The van der Waals surface area contributed by atoms with Crippen molar-refractivity contribution in [2.24, 2.45) is 5.92 Å². The summed E-state index contributed by atoms with van der Waals surface area (Å²) in [5.74, 6) is 0.773. The van der Waals surface area contributed by atoms with Gasteiger partial charge >= 0.3 is 0 Å². The fourth-order valence-corrected chi connectivity index (χ4v) is 3.22. The highest BCUT2D eigenvalue weighted by atomic mass is 15.8. The van der Waals surface area contributed by atoms with Crippen LogP contribution in [-0.4, -0.2) is 113 Å². The Hall–Kier alpha value is -0.240. The first-order valence-electron chi connectivity index (χ1n) is 9.58. The summed E-state index contributed by atoms with van der Waals surface area (Å²) in [5.41, 5.74) is 3.68. The summed E-state index contributed by atoms with van der Waals surface area (Å²) in [5, 5.41) is 4.95. The van der Waals surface area contributed by atoms with Crippen LogP contribution in [0.2, 0.25) is 0 Å². The molecular weight excluding hydrogens is 300 g/mol. The minimum absolute atomic E-state index is 0.773. The largest absolute Gasteiger partial charge is 0.309 e. The van der Waals surface area contributed by atoms with Crippen molar-refractivity contribution < 1.29 is 0 Å². The SMILES string of the molecule is CN(C)CCCC1CNN(CCCN(C)C)N(CCCN(C)C)C1. The first-order chi connectivity index (χ1) is 11.4. The summed E-state index contributed by atoms with van der Waals surface area (Å²) in [4.78, 5) is 6.84. The van der Waals surface area contributed by atoms with E-state index in [1.54, 1.807) is 0 Å². The van der Waals surface area contributed by atoms with E-state index in [9.17, 15) is 0 Å². The average Bonchev–Trinajstić information content (AvgIpc) is 2.48. The van der Waals surface area contributed by atoms with E-state index < -0.39 is 0 Å². The zero-order chi connectivity index (χ0) is 17.9. The number of nitrogens with zero attached hydrogens (tertiary/aromatic N) is 5. The summed E-state index contributed by atoms with van der Waals surface area (Å²) in [6, 6.07) is 0. The van der Waals surface area contributed by atoms with Crippen molar-refractivity contribution in [2.45, 2.75) is 25.7 Å². The maximum atomic E-state index is 3.68. The summed E-state index contributed by atoms with van der Waals surface area (Å²) in [7, 11) is 13.0. The zero-order valence-electron chi connectivity index (χ0n) is 17.1. The van der Waals surface area contributed by atoms with Crippen LogP contribution in [-0.2, 0) is 0 Å². The van der Waals surface area contributed by atoms with Crippen molar-refractivity contribution in [2.75, 3.05) is 88.1 Å². The molecule has 0 aliphatic carbocycles. The normalized spacial score (nSPS) is 20.6. The Morgan fingerprint density at radius 1 is 0.792 bits per heavy atom. The summed E-state index contributed by atoms with van der Waals surface area (Å²) in [6.07, 6.45) is 5.05. The molecule has 1 aliphatic rings. The third kappa shape index (κ3) is 9.91. The molecule has 24 heavy (non-hydrogen) atoms. The molecule has 0 saturated carbocycles. The molecule has 1 heterocycles. The van der Waals surface area contributed by atoms with Gasteiger partial charge in [0.25, 0.3) is 0 Å². The van der Waals surface area contributed by atoms with E-state index >= 15 is 0 Å². The van der Waals surface area contributed by atoms with Gasteiger partial charge in [0.1, 0.15) is 0 Å². The molecule has 0 aromatic heterocycles. The van der Waals surface area contributed by atoms with Crippen molar-refractivity contribution in [1.29, 1.82) is 0 Å². The highest BCUT2D eigenvalue weighted by molar-refractivity contribution is 4.73. The Balaban J connectivity index is 2.42. The molecule has 0 amide bonds. The van der Waals surface area contributed by atoms with Crippen LogP contribution in [0.3, 0.4) is 0 Å². The molecule has 1 unspecified atom stereocenters. The fourth-order valence-electron chi connectivity index (χ4n) is 3.22. The van der Waals surface area contributed by atoms with Crippen LogP contribution in [0.1, 0.15) is 25.7 Å². The van der Waals surface area contributed by atoms with Gasteiger partial charge in [-0.3, -0.25) is 0 Å². The molecule has 6 nitrogen and oxygen atoms in total. The standard InChI is InChI=1S/C18H42N6/c1-20(2)11-7-10-18-16-19-24(15-9-13-22(5)6)23(17-18)14-8-12-21(3)4/h18-19H,7-17H2,1-6H3. The molecular formula is C18H42N6. The van der Waals surface area contributed by atoms with Crippen LogP contribution in [0.15, 0.2) is 0 Å². The highest BCUT2D eigenvalue weighted by Gasteiger charge is 2.25. The molecule has 6 heteroatoms. The number of hydrogen-bond acceptors (Lipinski definition) is 6. The van der Waals surface area contributed by atoms with E-state index in [0.717, 1.165) is 38.6 Å². The molecule has 1 rings (SSSR count).